The minimum absolute atomic E-state index is 0.127. The van der Waals surface area contributed by atoms with Gasteiger partial charge in [0, 0.05) is 6.42 Å². The molecule has 0 radical (unpaired) electrons. The lowest BCUT2D eigenvalue weighted by Gasteiger charge is -2.41. The maximum atomic E-state index is 13.4. The number of carbonyl (C=O) groups excluding carboxylic acids is 2. The third kappa shape index (κ3) is 42.7. The summed E-state index contributed by atoms with van der Waals surface area (Å²) in [4.78, 5) is 26.6. The van der Waals surface area contributed by atoms with E-state index in [0.717, 1.165) is 64.2 Å². The molecule has 0 spiro atoms. The van der Waals surface area contributed by atoms with Crippen molar-refractivity contribution in [2.24, 2.45) is 0 Å². The topological polar surface area (TPSA) is 175 Å². The molecule has 0 aromatic carbocycles. The predicted molar refractivity (Wildman–Crippen MR) is 324 cm³/mol. The maximum absolute atomic E-state index is 13.4. The minimum Gasteiger partial charge on any atom is -0.454 e. The molecule has 6 N–H and O–H groups in total. The normalized spacial score (nSPS) is 19.1. The Labute approximate surface area is 479 Å². The lowest BCUT2D eigenvalue weighted by molar-refractivity contribution is -0.305. The van der Waals surface area contributed by atoms with Crippen LogP contribution < -0.4 is 5.32 Å². The second-order valence-electron chi connectivity index (χ2n) is 23.2. The standard InChI is InChI=1S/C67H125NO10/c1-4-7-10-13-16-19-22-25-26-27-28-29-30-31-32-33-34-35-36-37-40-43-46-49-52-55-62(72)78-65-64(74)63(73)61(56-69)77-67(65)76-57-58(59(70)53-50-47-44-41-38-23-20-17-14-11-8-5-2)68-66(75)60(71)54-51-48-45-42-39-24-21-18-15-12-9-6-3/h16,19,25-26,50,53,58-61,63-65,67,69-71,73-74H,4-15,17-18,20-24,27-49,51-52,54-57H2,1-3H3,(H,68,75)/b19-16-,26-25-,53-50+. The summed E-state index contributed by atoms with van der Waals surface area (Å²) in [5.74, 6) is -1.18. The van der Waals surface area contributed by atoms with Crippen LogP contribution in [-0.4, -0.2) is 99.6 Å². The fourth-order valence-corrected chi connectivity index (χ4v) is 10.5. The highest BCUT2D eigenvalue weighted by atomic mass is 16.7. The molecular formula is C67H125NO10. The van der Waals surface area contributed by atoms with Crippen molar-refractivity contribution in [2.45, 2.75) is 365 Å². The number of hydrogen-bond donors (Lipinski definition) is 6. The van der Waals surface area contributed by atoms with Crippen LogP contribution in [-0.2, 0) is 23.8 Å². The number of nitrogens with one attached hydrogen (secondary N) is 1. The van der Waals surface area contributed by atoms with Gasteiger partial charge in [0.1, 0.15) is 24.4 Å². The molecule has 1 aliphatic heterocycles. The van der Waals surface area contributed by atoms with Crippen molar-refractivity contribution in [3.8, 4) is 0 Å². The van der Waals surface area contributed by atoms with Gasteiger partial charge in [-0.3, -0.25) is 9.59 Å². The van der Waals surface area contributed by atoms with Crippen molar-refractivity contribution >= 4 is 11.9 Å². The number of ether oxygens (including phenoxy) is 3. The van der Waals surface area contributed by atoms with Crippen LogP contribution in [0, 0.1) is 0 Å². The van der Waals surface area contributed by atoms with E-state index in [2.05, 4.69) is 50.4 Å². The minimum atomic E-state index is -1.61. The van der Waals surface area contributed by atoms with Gasteiger partial charge in [0.05, 0.1) is 25.4 Å². The van der Waals surface area contributed by atoms with E-state index in [0.29, 0.717) is 19.3 Å². The first kappa shape index (κ1) is 73.9. The van der Waals surface area contributed by atoms with Crippen molar-refractivity contribution in [1.82, 2.24) is 5.32 Å². The molecule has 8 atom stereocenters. The SMILES string of the molecule is CCCCC/C=C\C/C=C\CCCCCCCCCCCCCCCCCC(=O)OC1C(OCC(NC(=O)C(O)CCCCCCCCCCCCCC)C(O)/C=C/CCCCCCCCCCCC)OC(CO)C(O)C1O. The van der Waals surface area contributed by atoms with Crippen LogP contribution in [0.2, 0.25) is 0 Å². The van der Waals surface area contributed by atoms with Crippen LogP contribution >= 0.6 is 0 Å². The third-order valence-corrected chi connectivity index (χ3v) is 15.8. The van der Waals surface area contributed by atoms with E-state index in [1.807, 2.05) is 6.08 Å². The summed E-state index contributed by atoms with van der Waals surface area (Å²) in [6, 6.07) is -1.02. The summed E-state index contributed by atoms with van der Waals surface area (Å²) in [6.07, 6.45) is 56.2. The Morgan fingerprint density at radius 1 is 0.500 bits per heavy atom. The van der Waals surface area contributed by atoms with Gasteiger partial charge in [-0.1, -0.05) is 288 Å². The molecule has 1 rings (SSSR count). The Morgan fingerprint density at radius 2 is 0.885 bits per heavy atom. The van der Waals surface area contributed by atoms with Gasteiger partial charge in [0.2, 0.25) is 5.91 Å². The smallest absolute Gasteiger partial charge is 0.306 e. The Hall–Kier alpha value is -2.12. The number of carbonyl (C=O) groups is 2. The van der Waals surface area contributed by atoms with Crippen molar-refractivity contribution in [3.05, 3.63) is 36.5 Å². The molecule has 0 aromatic heterocycles. The van der Waals surface area contributed by atoms with Crippen LogP contribution in [0.25, 0.3) is 0 Å². The van der Waals surface area contributed by atoms with Gasteiger partial charge in [-0.15, -0.1) is 0 Å². The van der Waals surface area contributed by atoms with Crippen molar-refractivity contribution in [3.63, 3.8) is 0 Å². The van der Waals surface area contributed by atoms with Gasteiger partial charge in [-0.25, -0.2) is 0 Å². The Kier molecular flexibility index (Phi) is 52.5. The number of esters is 1. The highest BCUT2D eigenvalue weighted by molar-refractivity contribution is 5.80. The zero-order chi connectivity index (χ0) is 56.8. The van der Waals surface area contributed by atoms with Crippen LogP contribution in [0.3, 0.4) is 0 Å². The van der Waals surface area contributed by atoms with Gasteiger partial charge in [0.25, 0.3) is 0 Å². The van der Waals surface area contributed by atoms with Gasteiger partial charge in [-0.05, 0) is 57.8 Å². The van der Waals surface area contributed by atoms with Crippen molar-refractivity contribution < 1.29 is 49.3 Å². The van der Waals surface area contributed by atoms with E-state index in [4.69, 9.17) is 14.2 Å². The third-order valence-electron chi connectivity index (χ3n) is 15.8. The number of aliphatic hydroxyl groups excluding tert-OH is 5. The molecule has 0 aliphatic carbocycles. The predicted octanol–water partition coefficient (Wildman–Crippen LogP) is 16.2. The van der Waals surface area contributed by atoms with Crippen molar-refractivity contribution in [1.29, 1.82) is 0 Å². The van der Waals surface area contributed by atoms with E-state index >= 15 is 0 Å². The molecule has 0 aromatic rings. The van der Waals surface area contributed by atoms with Crippen LogP contribution in [0.1, 0.15) is 316 Å². The number of hydrogen-bond acceptors (Lipinski definition) is 10. The summed E-state index contributed by atoms with van der Waals surface area (Å²) in [5.41, 5.74) is 0. The fourth-order valence-electron chi connectivity index (χ4n) is 10.5. The highest BCUT2D eigenvalue weighted by Crippen LogP contribution is 2.26. The number of unbranched alkanes of at least 4 members (excludes halogenated alkanes) is 39. The lowest BCUT2D eigenvalue weighted by Crippen LogP contribution is -2.61. The van der Waals surface area contributed by atoms with Crippen LogP contribution in [0.15, 0.2) is 36.5 Å². The molecule has 1 fully saturated rings. The van der Waals surface area contributed by atoms with Gasteiger partial charge >= 0.3 is 5.97 Å². The first-order valence-electron chi connectivity index (χ1n) is 33.3. The monoisotopic (exact) mass is 1100 g/mol. The molecule has 78 heavy (non-hydrogen) atoms. The number of allylic oxidation sites excluding steroid dienone is 5. The first-order chi connectivity index (χ1) is 38.2. The maximum Gasteiger partial charge on any atom is 0.306 e. The van der Waals surface area contributed by atoms with Gasteiger partial charge < -0.3 is 45.1 Å². The number of amides is 1. The quantitative estimate of drug-likeness (QED) is 0.0195. The summed E-state index contributed by atoms with van der Waals surface area (Å²) in [7, 11) is 0. The molecular weight excluding hydrogens is 979 g/mol. The molecule has 11 heteroatoms. The zero-order valence-electron chi connectivity index (χ0n) is 50.8. The van der Waals surface area contributed by atoms with E-state index in [1.54, 1.807) is 6.08 Å². The van der Waals surface area contributed by atoms with Crippen LogP contribution in [0.4, 0.5) is 0 Å². The van der Waals surface area contributed by atoms with E-state index in [1.165, 1.54) is 205 Å². The first-order valence-corrected chi connectivity index (χ1v) is 33.3. The van der Waals surface area contributed by atoms with E-state index in [9.17, 15) is 35.1 Å². The van der Waals surface area contributed by atoms with E-state index < -0.39 is 67.4 Å². The molecule has 1 heterocycles. The molecule has 0 saturated carbocycles. The largest absolute Gasteiger partial charge is 0.454 e. The van der Waals surface area contributed by atoms with Crippen molar-refractivity contribution in [2.75, 3.05) is 13.2 Å². The van der Waals surface area contributed by atoms with E-state index in [-0.39, 0.29) is 13.0 Å². The Morgan fingerprint density at radius 3 is 1.33 bits per heavy atom. The average molecular weight is 1100 g/mol. The molecule has 11 nitrogen and oxygen atoms in total. The number of aliphatic hydroxyl groups is 5. The van der Waals surface area contributed by atoms with Gasteiger partial charge in [-0.2, -0.15) is 0 Å². The second kappa shape index (κ2) is 55.4. The molecule has 0 bridgehead atoms. The fraction of sp³-hybridized carbons (Fsp3) is 0.881. The molecule has 1 saturated heterocycles. The van der Waals surface area contributed by atoms with Crippen LogP contribution in [0.5, 0.6) is 0 Å². The number of rotatable bonds is 57. The second-order valence-corrected chi connectivity index (χ2v) is 23.2. The summed E-state index contributed by atoms with van der Waals surface area (Å²) in [6.45, 7) is 5.79. The Balaban J connectivity index is 2.55. The highest BCUT2D eigenvalue weighted by Gasteiger charge is 2.47. The lowest BCUT2D eigenvalue weighted by atomic mass is 9.99. The molecule has 458 valence electrons. The average Bonchev–Trinajstić information content (AvgIpc) is 3.44. The molecule has 8 unspecified atom stereocenters. The Bertz CT molecular complexity index is 1410. The molecule has 1 amide bonds. The van der Waals surface area contributed by atoms with Gasteiger partial charge in [0.15, 0.2) is 12.4 Å². The molecule has 1 aliphatic rings. The summed E-state index contributed by atoms with van der Waals surface area (Å²) in [5, 5.41) is 57.0. The summed E-state index contributed by atoms with van der Waals surface area (Å²) >= 11 is 0. The zero-order valence-corrected chi connectivity index (χ0v) is 50.8. The summed E-state index contributed by atoms with van der Waals surface area (Å²) < 4.78 is 17.7.